The largest absolute Gasteiger partial charge is 0.352 e. The number of benzene rings is 3. The molecule has 10 heteroatoms. The van der Waals surface area contributed by atoms with Crippen LogP contribution in [-0.4, -0.2) is 43.8 Å². The standard InChI is InChI=1S/C28H31BrClN3O4S/c1-19(2)31-28(35)21(4)32(17-22-6-5-7-23(29)16-22)27(34)18-33(25-12-8-20(3)9-13-25)38(36,37)26-14-10-24(30)11-15-26/h5-16,19,21H,17-18H2,1-4H3,(H,31,35)/t21-/m0/s1. The molecule has 38 heavy (non-hydrogen) atoms. The average Bonchev–Trinajstić information content (AvgIpc) is 2.86. The van der Waals surface area contributed by atoms with Crippen LogP contribution < -0.4 is 9.62 Å². The van der Waals surface area contributed by atoms with E-state index < -0.39 is 28.5 Å². The molecule has 0 spiro atoms. The van der Waals surface area contributed by atoms with Crippen LogP contribution in [0.2, 0.25) is 5.02 Å². The highest BCUT2D eigenvalue weighted by molar-refractivity contribution is 9.10. The fourth-order valence-corrected chi connectivity index (χ4v) is 5.78. The molecule has 1 N–H and O–H groups in total. The zero-order valence-corrected chi connectivity index (χ0v) is 24.8. The Bertz CT molecular complexity index is 1380. The smallest absolute Gasteiger partial charge is 0.264 e. The summed E-state index contributed by atoms with van der Waals surface area (Å²) in [4.78, 5) is 28.2. The van der Waals surface area contributed by atoms with Crippen LogP contribution in [0.25, 0.3) is 0 Å². The molecule has 1 atom stereocenters. The van der Waals surface area contributed by atoms with Crippen molar-refractivity contribution >= 4 is 55.1 Å². The van der Waals surface area contributed by atoms with Crippen molar-refractivity contribution in [1.82, 2.24) is 10.2 Å². The van der Waals surface area contributed by atoms with Crippen LogP contribution in [0.5, 0.6) is 0 Å². The molecule has 0 bridgehead atoms. The highest BCUT2D eigenvalue weighted by Crippen LogP contribution is 2.26. The van der Waals surface area contributed by atoms with Gasteiger partial charge in [0.2, 0.25) is 11.8 Å². The van der Waals surface area contributed by atoms with Gasteiger partial charge in [-0.1, -0.05) is 57.4 Å². The molecular weight excluding hydrogens is 590 g/mol. The molecule has 0 fully saturated rings. The summed E-state index contributed by atoms with van der Waals surface area (Å²) in [6.07, 6.45) is 0. The van der Waals surface area contributed by atoms with E-state index in [9.17, 15) is 18.0 Å². The summed E-state index contributed by atoms with van der Waals surface area (Å²) < 4.78 is 29.4. The van der Waals surface area contributed by atoms with Gasteiger partial charge in [-0.05, 0) is 81.8 Å². The zero-order valence-electron chi connectivity index (χ0n) is 21.7. The van der Waals surface area contributed by atoms with Crippen LogP contribution in [0.4, 0.5) is 5.69 Å². The SMILES string of the molecule is Cc1ccc(N(CC(=O)N(Cc2cccc(Br)c2)[C@@H](C)C(=O)NC(C)C)S(=O)(=O)c2ccc(Cl)cc2)cc1. The summed E-state index contributed by atoms with van der Waals surface area (Å²) in [5.41, 5.74) is 2.07. The Hall–Kier alpha value is -2.88. The Morgan fingerprint density at radius 1 is 0.974 bits per heavy atom. The van der Waals surface area contributed by atoms with Crippen LogP contribution in [0.15, 0.2) is 82.2 Å². The Labute approximate surface area is 238 Å². The van der Waals surface area contributed by atoms with Gasteiger partial charge in [0, 0.05) is 22.1 Å². The molecule has 3 aromatic rings. The normalized spacial score (nSPS) is 12.2. The maximum Gasteiger partial charge on any atom is 0.264 e. The van der Waals surface area contributed by atoms with E-state index in [1.54, 1.807) is 31.2 Å². The molecule has 0 saturated carbocycles. The van der Waals surface area contributed by atoms with Gasteiger partial charge < -0.3 is 10.2 Å². The van der Waals surface area contributed by atoms with Gasteiger partial charge in [0.1, 0.15) is 12.6 Å². The molecule has 0 aliphatic rings. The van der Waals surface area contributed by atoms with Crippen molar-refractivity contribution in [2.45, 2.75) is 51.2 Å². The first-order valence-corrected chi connectivity index (χ1v) is 14.7. The Morgan fingerprint density at radius 2 is 1.61 bits per heavy atom. The lowest BCUT2D eigenvalue weighted by Crippen LogP contribution is -2.52. The Morgan fingerprint density at radius 3 is 2.18 bits per heavy atom. The topological polar surface area (TPSA) is 86.8 Å². The first-order valence-electron chi connectivity index (χ1n) is 12.1. The van der Waals surface area contributed by atoms with E-state index in [1.807, 2.05) is 45.0 Å². The van der Waals surface area contributed by atoms with E-state index in [0.717, 1.165) is 19.9 Å². The molecule has 3 aromatic carbocycles. The fraction of sp³-hybridized carbons (Fsp3) is 0.286. The summed E-state index contributed by atoms with van der Waals surface area (Å²) in [5.74, 6) is -0.847. The van der Waals surface area contributed by atoms with Gasteiger partial charge in [-0.2, -0.15) is 0 Å². The minimum atomic E-state index is -4.14. The maximum absolute atomic E-state index is 13.9. The highest BCUT2D eigenvalue weighted by atomic mass is 79.9. The van der Waals surface area contributed by atoms with E-state index in [0.29, 0.717) is 10.7 Å². The van der Waals surface area contributed by atoms with Gasteiger partial charge in [-0.15, -0.1) is 0 Å². The summed E-state index contributed by atoms with van der Waals surface area (Å²) in [5, 5.41) is 3.24. The molecule has 0 aliphatic heterocycles. The number of rotatable bonds is 10. The van der Waals surface area contributed by atoms with Crippen LogP contribution in [-0.2, 0) is 26.2 Å². The third kappa shape index (κ3) is 7.58. The fourth-order valence-electron chi connectivity index (χ4n) is 3.79. The minimum absolute atomic E-state index is 0.000542. The predicted octanol–water partition coefficient (Wildman–Crippen LogP) is 5.55. The van der Waals surface area contributed by atoms with Crippen LogP contribution in [0, 0.1) is 6.92 Å². The first kappa shape index (κ1) is 29.7. The van der Waals surface area contributed by atoms with Crippen molar-refractivity contribution in [2.75, 3.05) is 10.8 Å². The molecule has 0 saturated heterocycles. The van der Waals surface area contributed by atoms with Crippen molar-refractivity contribution < 1.29 is 18.0 Å². The number of halogens is 2. The molecule has 0 aliphatic carbocycles. The van der Waals surface area contributed by atoms with Crippen LogP contribution in [0.1, 0.15) is 31.9 Å². The van der Waals surface area contributed by atoms with E-state index in [1.165, 1.54) is 29.2 Å². The molecule has 2 amide bonds. The molecule has 7 nitrogen and oxygen atoms in total. The predicted molar refractivity (Wildman–Crippen MR) is 155 cm³/mol. The van der Waals surface area contributed by atoms with E-state index in [-0.39, 0.29) is 23.4 Å². The average molecular weight is 621 g/mol. The highest BCUT2D eigenvalue weighted by Gasteiger charge is 2.32. The Kier molecular flexibility index (Phi) is 9.98. The lowest BCUT2D eigenvalue weighted by atomic mass is 10.1. The number of hydrogen-bond acceptors (Lipinski definition) is 4. The van der Waals surface area contributed by atoms with Crippen molar-refractivity contribution in [3.05, 3.63) is 93.4 Å². The minimum Gasteiger partial charge on any atom is -0.352 e. The van der Waals surface area contributed by atoms with Crippen molar-refractivity contribution in [3.63, 3.8) is 0 Å². The quantitative estimate of drug-likeness (QED) is 0.322. The number of carbonyl (C=O) groups excluding carboxylic acids is 2. The molecule has 0 aromatic heterocycles. The molecule has 202 valence electrons. The third-order valence-corrected chi connectivity index (χ3v) is 8.38. The van der Waals surface area contributed by atoms with Gasteiger partial charge in [-0.3, -0.25) is 13.9 Å². The van der Waals surface area contributed by atoms with Crippen molar-refractivity contribution in [2.24, 2.45) is 0 Å². The van der Waals surface area contributed by atoms with Gasteiger partial charge in [0.15, 0.2) is 0 Å². The number of sulfonamides is 1. The third-order valence-electron chi connectivity index (χ3n) is 5.84. The first-order chi connectivity index (χ1) is 17.9. The second-order valence-electron chi connectivity index (χ2n) is 9.29. The molecule has 0 radical (unpaired) electrons. The summed E-state index contributed by atoms with van der Waals surface area (Å²) in [6, 6.07) is 19.1. The maximum atomic E-state index is 13.9. The molecular formula is C28H31BrClN3O4S. The van der Waals surface area contributed by atoms with Crippen LogP contribution in [0.3, 0.4) is 0 Å². The van der Waals surface area contributed by atoms with Gasteiger partial charge in [0.25, 0.3) is 10.0 Å². The number of carbonyl (C=O) groups is 2. The number of amides is 2. The second kappa shape index (κ2) is 12.8. The zero-order chi connectivity index (χ0) is 28.0. The number of anilines is 1. The summed E-state index contributed by atoms with van der Waals surface area (Å²) in [7, 11) is -4.14. The van der Waals surface area contributed by atoms with Gasteiger partial charge >= 0.3 is 0 Å². The Balaban J connectivity index is 2.02. The molecule has 0 unspecified atom stereocenters. The summed E-state index contributed by atoms with van der Waals surface area (Å²) >= 11 is 9.42. The second-order valence-corrected chi connectivity index (χ2v) is 12.5. The van der Waals surface area contributed by atoms with E-state index in [4.69, 9.17) is 11.6 Å². The number of aryl methyl sites for hydroxylation is 1. The number of nitrogens with one attached hydrogen (secondary N) is 1. The monoisotopic (exact) mass is 619 g/mol. The number of nitrogens with zero attached hydrogens (tertiary/aromatic N) is 2. The van der Waals surface area contributed by atoms with Crippen molar-refractivity contribution in [3.8, 4) is 0 Å². The van der Waals surface area contributed by atoms with Crippen LogP contribution >= 0.6 is 27.5 Å². The van der Waals surface area contributed by atoms with Crippen molar-refractivity contribution in [1.29, 1.82) is 0 Å². The number of hydrogen-bond donors (Lipinski definition) is 1. The molecule has 0 heterocycles. The van der Waals surface area contributed by atoms with Gasteiger partial charge in [0.05, 0.1) is 10.6 Å². The van der Waals surface area contributed by atoms with E-state index >= 15 is 0 Å². The summed E-state index contributed by atoms with van der Waals surface area (Å²) in [6.45, 7) is 6.82. The van der Waals surface area contributed by atoms with E-state index in [2.05, 4.69) is 21.2 Å². The lowest BCUT2D eigenvalue weighted by molar-refractivity contribution is -0.139. The molecule has 3 rings (SSSR count). The lowest BCUT2D eigenvalue weighted by Gasteiger charge is -2.32. The van der Waals surface area contributed by atoms with Gasteiger partial charge in [-0.25, -0.2) is 8.42 Å².